The van der Waals surface area contributed by atoms with Gasteiger partial charge in [0, 0.05) is 13.1 Å². The summed E-state index contributed by atoms with van der Waals surface area (Å²) in [5.74, 6) is -0.184. The summed E-state index contributed by atoms with van der Waals surface area (Å²) < 4.78 is 18.4. The second kappa shape index (κ2) is 4.07. The molecular weight excluding hydrogens is 181 g/mol. The maximum atomic E-state index is 12.8. The van der Waals surface area contributed by atoms with Crippen LogP contribution in [0.3, 0.4) is 0 Å². The lowest BCUT2D eigenvalue weighted by atomic mass is 10.1. The molecule has 0 atom stereocenters. The summed E-state index contributed by atoms with van der Waals surface area (Å²) in [6, 6.07) is 4.80. The number of halogens is 1. The molecule has 1 heterocycles. The highest BCUT2D eigenvalue weighted by Crippen LogP contribution is 2.12. The molecule has 0 aromatic heterocycles. The largest absolute Gasteiger partial charge is 0.371 e. The van der Waals surface area contributed by atoms with E-state index in [-0.39, 0.29) is 5.82 Å². The number of rotatable bonds is 3. The van der Waals surface area contributed by atoms with Crippen molar-refractivity contribution < 1.29 is 9.13 Å². The maximum Gasteiger partial charge on any atom is 0.123 e. The first-order valence-electron chi connectivity index (χ1n) is 4.83. The van der Waals surface area contributed by atoms with Gasteiger partial charge in [0.1, 0.15) is 5.82 Å². The number of hydrogen-bond donors (Lipinski definition) is 1. The van der Waals surface area contributed by atoms with Crippen LogP contribution in [0.1, 0.15) is 11.1 Å². The standard InChI is InChI=1S/C11H14FNO/c1-8-4-10(12)3-2-9(8)7-14-11-5-13-6-11/h2-4,11,13H,5-7H2,1H3. The van der Waals surface area contributed by atoms with Crippen LogP contribution >= 0.6 is 0 Å². The second-order valence-corrected chi connectivity index (χ2v) is 3.66. The molecule has 1 N–H and O–H groups in total. The van der Waals surface area contributed by atoms with Crippen LogP contribution in [0.25, 0.3) is 0 Å². The fourth-order valence-electron chi connectivity index (χ4n) is 1.41. The minimum absolute atomic E-state index is 0.184. The van der Waals surface area contributed by atoms with Gasteiger partial charge in [0.25, 0.3) is 0 Å². The minimum Gasteiger partial charge on any atom is -0.371 e. The lowest BCUT2D eigenvalue weighted by Gasteiger charge is -2.27. The molecule has 1 fully saturated rings. The SMILES string of the molecule is Cc1cc(F)ccc1COC1CNC1. The van der Waals surface area contributed by atoms with E-state index in [0.717, 1.165) is 24.2 Å². The Kier molecular flexibility index (Phi) is 2.79. The first-order valence-corrected chi connectivity index (χ1v) is 4.83. The van der Waals surface area contributed by atoms with E-state index in [9.17, 15) is 4.39 Å². The van der Waals surface area contributed by atoms with Gasteiger partial charge in [0.05, 0.1) is 12.7 Å². The van der Waals surface area contributed by atoms with Crippen LogP contribution < -0.4 is 5.32 Å². The predicted molar refractivity (Wildman–Crippen MR) is 52.6 cm³/mol. The van der Waals surface area contributed by atoms with Crippen LogP contribution in [0.4, 0.5) is 4.39 Å². The zero-order valence-electron chi connectivity index (χ0n) is 8.22. The van der Waals surface area contributed by atoms with E-state index in [0.29, 0.717) is 12.7 Å². The van der Waals surface area contributed by atoms with Crippen molar-refractivity contribution in [1.82, 2.24) is 5.32 Å². The summed E-state index contributed by atoms with van der Waals surface area (Å²) in [5.41, 5.74) is 2.02. The third kappa shape index (κ3) is 2.11. The van der Waals surface area contributed by atoms with E-state index in [1.807, 2.05) is 6.92 Å². The fourth-order valence-corrected chi connectivity index (χ4v) is 1.41. The topological polar surface area (TPSA) is 21.3 Å². The quantitative estimate of drug-likeness (QED) is 0.791. The average molecular weight is 195 g/mol. The molecule has 76 valence electrons. The van der Waals surface area contributed by atoms with Gasteiger partial charge >= 0.3 is 0 Å². The van der Waals surface area contributed by atoms with Crippen molar-refractivity contribution in [3.05, 3.63) is 35.1 Å². The van der Waals surface area contributed by atoms with E-state index in [1.54, 1.807) is 6.07 Å². The van der Waals surface area contributed by atoms with Crippen molar-refractivity contribution >= 4 is 0 Å². The molecule has 0 amide bonds. The molecule has 1 saturated heterocycles. The van der Waals surface area contributed by atoms with Gasteiger partial charge in [-0.25, -0.2) is 4.39 Å². The summed E-state index contributed by atoms with van der Waals surface area (Å²) in [5, 5.41) is 3.14. The Hall–Kier alpha value is -0.930. The van der Waals surface area contributed by atoms with Gasteiger partial charge in [0.2, 0.25) is 0 Å². The van der Waals surface area contributed by atoms with Gasteiger partial charge in [-0.05, 0) is 30.2 Å². The van der Waals surface area contributed by atoms with E-state index in [4.69, 9.17) is 4.74 Å². The molecule has 2 rings (SSSR count). The van der Waals surface area contributed by atoms with Crippen molar-refractivity contribution in [2.75, 3.05) is 13.1 Å². The molecule has 1 aromatic carbocycles. The Morgan fingerprint density at radius 3 is 2.86 bits per heavy atom. The maximum absolute atomic E-state index is 12.8. The van der Waals surface area contributed by atoms with E-state index < -0.39 is 0 Å². The van der Waals surface area contributed by atoms with Gasteiger partial charge in [-0.1, -0.05) is 6.07 Å². The van der Waals surface area contributed by atoms with Crippen molar-refractivity contribution in [2.24, 2.45) is 0 Å². The Labute approximate surface area is 83.1 Å². The fraction of sp³-hybridized carbons (Fsp3) is 0.455. The number of aryl methyl sites for hydroxylation is 1. The number of hydrogen-bond acceptors (Lipinski definition) is 2. The van der Waals surface area contributed by atoms with Crippen molar-refractivity contribution in [2.45, 2.75) is 19.6 Å². The first kappa shape index (κ1) is 9.62. The highest BCUT2D eigenvalue weighted by atomic mass is 19.1. The van der Waals surface area contributed by atoms with Gasteiger partial charge in [-0.15, -0.1) is 0 Å². The summed E-state index contributed by atoms with van der Waals surface area (Å²) in [6.07, 6.45) is 0.333. The normalized spacial score (nSPS) is 16.7. The molecule has 14 heavy (non-hydrogen) atoms. The van der Waals surface area contributed by atoms with Crippen LogP contribution in [0.2, 0.25) is 0 Å². The predicted octanol–water partition coefficient (Wildman–Crippen LogP) is 1.62. The third-order valence-corrected chi connectivity index (χ3v) is 2.52. The monoisotopic (exact) mass is 195 g/mol. The molecule has 1 aliphatic heterocycles. The molecule has 1 aromatic rings. The van der Waals surface area contributed by atoms with E-state index in [2.05, 4.69) is 5.32 Å². The van der Waals surface area contributed by atoms with Crippen LogP contribution in [-0.2, 0) is 11.3 Å². The summed E-state index contributed by atoms with van der Waals surface area (Å²) >= 11 is 0. The molecule has 1 aliphatic rings. The van der Waals surface area contributed by atoms with E-state index >= 15 is 0 Å². The molecule has 0 spiro atoms. The van der Waals surface area contributed by atoms with Crippen molar-refractivity contribution in [3.63, 3.8) is 0 Å². The van der Waals surface area contributed by atoms with Crippen molar-refractivity contribution in [3.8, 4) is 0 Å². The van der Waals surface area contributed by atoms with Crippen LogP contribution in [0.15, 0.2) is 18.2 Å². The highest BCUT2D eigenvalue weighted by Gasteiger charge is 2.16. The van der Waals surface area contributed by atoms with Crippen LogP contribution in [-0.4, -0.2) is 19.2 Å². The summed E-state index contributed by atoms with van der Waals surface area (Å²) in [6.45, 7) is 4.35. The van der Waals surface area contributed by atoms with Crippen molar-refractivity contribution in [1.29, 1.82) is 0 Å². The Morgan fingerprint density at radius 1 is 1.50 bits per heavy atom. The van der Waals surface area contributed by atoms with Gasteiger partial charge in [-0.3, -0.25) is 0 Å². The zero-order chi connectivity index (χ0) is 9.97. The Morgan fingerprint density at radius 2 is 2.29 bits per heavy atom. The average Bonchev–Trinajstić information content (AvgIpc) is 2.05. The Balaban J connectivity index is 1.94. The molecule has 2 nitrogen and oxygen atoms in total. The number of ether oxygens (including phenoxy) is 1. The molecular formula is C11H14FNO. The zero-order valence-corrected chi connectivity index (χ0v) is 8.22. The summed E-state index contributed by atoms with van der Waals surface area (Å²) in [4.78, 5) is 0. The van der Waals surface area contributed by atoms with Gasteiger partial charge < -0.3 is 10.1 Å². The Bertz CT molecular complexity index is 323. The minimum atomic E-state index is -0.184. The van der Waals surface area contributed by atoms with Gasteiger partial charge in [0.15, 0.2) is 0 Å². The lowest BCUT2D eigenvalue weighted by Crippen LogP contribution is -2.48. The smallest absolute Gasteiger partial charge is 0.123 e. The first-order chi connectivity index (χ1) is 6.75. The van der Waals surface area contributed by atoms with E-state index in [1.165, 1.54) is 12.1 Å². The van der Waals surface area contributed by atoms with Gasteiger partial charge in [-0.2, -0.15) is 0 Å². The molecule has 3 heteroatoms. The summed E-state index contributed by atoms with van der Waals surface area (Å²) in [7, 11) is 0. The third-order valence-electron chi connectivity index (χ3n) is 2.52. The lowest BCUT2D eigenvalue weighted by molar-refractivity contribution is 0.00735. The highest BCUT2D eigenvalue weighted by molar-refractivity contribution is 5.25. The molecule has 0 saturated carbocycles. The van der Waals surface area contributed by atoms with Crippen LogP contribution in [0, 0.1) is 12.7 Å². The molecule has 0 radical (unpaired) electrons. The molecule has 0 unspecified atom stereocenters. The molecule has 0 bridgehead atoms. The van der Waals surface area contributed by atoms with Crippen LogP contribution in [0.5, 0.6) is 0 Å². The molecule has 0 aliphatic carbocycles. The number of benzene rings is 1. The number of nitrogens with one attached hydrogen (secondary N) is 1. The second-order valence-electron chi connectivity index (χ2n) is 3.66.